The molecular weight excluding hydrogens is 478 g/mol. The summed E-state index contributed by atoms with van der Waals surface area (Å²) in [6, 6.07) is 13.1. The lowest BCUT2D eigenvalue weighted by Gasteiger charge is -2.39. The number of aliphatic hydroxyl groups excluding tert-OH is 2. The Balaban J connectivity index is 1.49. The van der Waals surface area contributed by atoms with E-state index < -0.39 is 12.5 Å². The minimum absolute atomic E-state index is 0.0427. The Labute approximate surface area is 224 Å². The molecule has 2 aliphatic carbocycles. The van der Waals surface area contributed by atoms with Crippen molar-refractivity contribution in [2.75, 3.05) is 5.32 Å². The average Bonchev–Trinajstić information content (AvgIpc) is 2.86. The van der Waals surface area contributed by atoms with E-state index in [9.17, 15) is 15.3 Å². The minimum atomic E-state index is -1.19. The summed E-state index contributed by atoms with van der Waals surface area (Å²) in [5.74, 6) is 0.103. The van der Waals surface area contributed by atoms with E-state index in [0.29, 0.717) is 6.42 Å². The van der Waals surface area contributed by atoms with Gasteiger partial charge in [-0.2, -0.15) is 10.2 Å². The van der Waals surface area contributed by atoms with Crippen LogP contribution in [-0.4, -0.2) is 45.4 Å². The zero-order valence-electron chi connectivity index (χ0n) is 22.0. The molecule has 38 heavy (non-hydrogen) atoms. The van der Waals surface area contributed by atoms with Crippen LogP contribution >= 0.6 is 0 Å². The van der Waals surface area contributed by atoms with Crippen LogP contribution in [0.2, 0.25) is 0 Å². The number of aliphatic hydroxyl groups is 2. The fourth-order valence-corrected chi connectivity index (χ4v) is 5.93. The van der Waals surface area contributed by atoms with Crippen LogP contribution in [0.15, 0.2) is 76.5 Å². The number of phenolic OH excluding ortho intramolecular Hbond substituents is 1. The molecule has 1 heterocycles. The Morgan fingerprint density at radius 1 is 0.947 bits per heavy atom. The lowest BCUT2D eigenvalue weighted by molar-refractivity contribution is -0.133. The average molecular weight is 516 g/mol. The normalized spacial score (nSPS) is 26.3. The predicted octanol–water partition coefficient (Wildman–Crippen LogP) is 5.38. The molecule has 2 aromatic rings. The summed E-state index contributed by atoms with van der Waals surface area (Å²) in [5, 5.41) is 43.5. The molecule has 0 amide bonds. The van der Waals surface area contributed by atoms with Gasteiger partial charge in [0.1, 0.15) is 5.75 Å². The Hall–Kier alpha value is -3.26. The lowest BCUT2D eigenvalue weighted by Crippen LogP contribution is -2.45. The van der Waals surface area contributed by atoms with Crippen LogP contribution in [0.25, 0.3) is 0 Å². The fraction of sp³-hybridized carbons (Fsp3) is 0.419. The summed E-state index contributed by atoms with van der Waals surface area (Å²) < 4.78 is 6.39. The monoisotopic (exact) mass is 515 g/mol. The first kappa shape index (κ1) is 26.4. The molecule has 1 aliphatic heterocycles. The molecule has 2 aromatic carbocycles. The second-order valence-electron chi connectivity index (χ2n) is 10.7. The topological polar surface area (TPSA) is 107 Å². The summed E-state index contributed by atoms with van der Waals surface area (Å²) in [6.07, 6.45) is 9.22. The van der Waals surface area contributed by atoms with Gasteiger partial charge in [0.05, 0.1) is 23.6 Å². The molecule has 5 atom stereocenters. The first-order valence-corrected chi connectivity index (χ1v) is 13.6. The second kappa shape index (κ2) is 11.6. The highest BCUT2D eigenvalue weighted by Gasteiger charge is 2.42. The van der Waals surface area contributed by atoms with Crippen molar-refractivity contribution in [1.29, 1.82) is 0 Å². The highest BCUT2D eigenvalue weighted by Crippen LogP contribution is 2.39. The number of benzene rings is 2. The Bertz CT molecular complexity index is 1240. The zero-order chi connectivity index (χ0) is 26.6. The molecule has 7 heteroatoms. The number of nitrogens with one attached hydrogen (secondary N) is 1. The standard InChI is InChI=1S/C31H37N3O4/c1-19-16-20(2)18-23(17-19)32-31(37)38-27-7-5-3-4-6-26-28(27)30(22-10-14-25(36)15-11-22)34-33-29(26)21-8-12-24(35)13-9-21/h8-12,14-18,24,26-28,31-32,35-37H,3-7,13H2,1-2H3. The molecule has 0 radical (unpaired) electrons. The number of nitrogens with zero attached hydrogens (tertiary/aromatic N) is 2. The molecule has 1 saturated carbocycles. The number of hydrogen-bond acceptors (Lipinski definition) is 7. The van der Waals surface area contributed by atoms with Gasteiger partial charge < -0.3 is 25.4 Å². The summed E-state index contributed by atoms with van der Waals surface area (Å²) in [7, 11) is 0. The Kier molecular flexibility index (Phi) is 8.07. The van der Waals surface area contributed by atoms with Gasteiger partial charge in [0.2, 0.25) is 6.41 Å². The van der Waals surface area contributed by atoms with E-state index in [0.717, 1.165) is 71.5 Å². The number of hydrogen-bond donors (Lipinski definition) is 4. The first-order valence-electron chi connectivity index (χ1n) is 13.6. The first-order chi connectivity index (χ1) is 18.4. The van der Waals surface area contributed by atoms with Gasteiger partial charge in [-0.25, -0.2) is 0 Å². The highest BCUT2D eigenvalue weighted by atomic mass is 16.6. The second-order valence-corrected chi connectivity index (χ2v) is 10.7. The van der Waals surface area contributed by atoms with Crippen molar-refractivity contribution in [2.24, 2.45) is 22.0 Å². The molecule has 3 aliphatic rings. The van der Waals surface area contributed by atoms with Crippen molar-refractivity contribution < 1.29 is 20.1 Å². The minimum Gasteiger partial charge on any atom is -0.508 e. The summed E-state index contributed by atoms with van der Waals surface area (Å²) >= 11 is 0. The summed E-state index contributed by atoms with van der Waals surface area (Å²) in [6.45, 7) is 4.06. The van der Waals surface area contributed by atoms with Crippen molar-refractivity contribution in [2.45, 2.75) is 71.0 Å². The largest absolute Gasteiger partial charge is 0.508 e. The van der Waals surface area contributed by atoms with Crippen LogP contribution in [0.5, 0.6) is 5.75 Å². The van der Waals surface area contributed by atoms with Crippen molar-refractivity contribution in [3.63, 3.8) is 0 Å². The van der Waals surface area contributed by atoms with Gasteiger partial charge >= 0.3 is 0 Å². The molecule has 0 spiro atoms. The SMILES string of the molecule is Cc1cc(C)cc(NC(O)OC2CCCCCC3C(C4=CCC(O)C=C4)=NN=C(c4ccc(O)cc4)C23)c1. The van der Waals surface area contributed by atoms with E-state index in [4.69, 9.17) is 14.9 Å². The zero-order valence-corrected chi connectivity index (χ0v) is 22.0. The van der Waals surface area contributed by atoms with Gasteiger partial charge in [-0.05, 0) is 91.8 Å². The maximum Gasteiger partial charge on any atom is 0.235 e. The number of rotatable bonds is 6. The third-order valence-electron chi connectivity index (χ3n) is 7.62. The summed E-state index contributed by atoms with van der Waals surface area (Å²) in [4.78, 5) is 0. The van der Waals surface area contributed by atoms with Crippen LogP contribution in [0.4, 0.5) is 5.69 Å². The molecule has 5 rings (SSSR count). The maximum absolute atomic E-state index is 11.0. The molecule has 1 fully saturated rings. The van der Waals surface area contributed by atoms with Crippen LogP contribution in [0.1, 0.15) is 55.2 Å². The van der Waals surface area contributed by atoms with Crippen molar-refractivity contribution in [1.82, 2.24) is 0 Å². The van der Waals surface area contributed by atoms with Gasteiger partial charge in [-0.1, -0.05) is 43.6 Å². The molecule has 0 saturated heterocycles. The maximum atomic E-state index is 11.0. The number of aromatic hydroxyl groups is 1. The number of fused-ring (bicyclic) bond motifs is 1. The number of anilines is 1. The van der Waals surface area contributed by atoms with Crippen molar-refractivity contribution in [3.05, 3.63) is 83.0 Å². The van der Waals surface area contributed by atoms with E-state index in [1.165, 1.54) is 0 Å². The van der Waals surface area contributed by atoms with E-state index in [-0.39, 0.29) is 23.7 Å². The van der Waals surface area contributed by atoms with Crippen LogP contribution in [0, 0.1) is 25.7 Å². The Morgan fingerprint density at radius 3 is 2.37 bits per heavy atom. The van der Waals surface area contributed by atoms with E-state index in [1.54, 1.807) is 18.2 Å². The molecule has 7 nitrogen and oxygen atoms in total. The van der Waals surface area contributed by atoms with Crippen molar-refractivity contribution >= 4 is 17.1 Å². The van der Waals surface area contributed by atoms with Gasteiger partial charge in [0.25, 0.3) is 0 Å². The van der Waals surface area contributed by atoms with Gasteiger partial charge in [-0.15, -0.1) is 0 Å². The van der Waals surface area contributed by atoms with Crippen LogP contribution < -0.4 is 5.32 Å². The molecule has 0 aromatic heterocycles. The van der Waals surface area contributed by atoms with Gasteiger partial charge in [0, 0.05) is 17.5 Å². The third-order valence-corrected chi connectivity index (χ3v) is 7.62. The fourth-order valence-electron chi connectivity index (χ4n) is 5.93. The van der Waals surface area contributed by atoms with Gasteiger partial charge in [-0.3, -0.25) is 0 Å². The number of phenols is 1. The molecular formula is C31H37N3O4. The number of aryl methyl sites for hydroxylation is 2. The predicted molar refractivity (Wildman–Crippen MR) is 150 cm³/mol. The molecule has 4 N–H and O–H groups in total. The van der Waals surface area contributed by atoms with E-state index in [1.807, 2.05) is 50.3 Å². The molecule has 0 bridgehead atoms. The molecule has 5 unspecified atom stereocenters. The van der Waals surface area contributed by atoms with Crippen molar-refractivity contribution in [3.8, 4) is 5.75 Å². The smallest absolute Gasteiger partial charge is 0.235 e. The lowest BCUT2D eigenvalue weighted by atomic mass is 9.71. The van der Waals surface area contributed by atoms with Gasteiger partial charge in [0.15, 0.2) is 0 Å². The quantitative estimate of drug-likeness (QED) is 0.386. The third kappa shape index (κ3) is 6.07. The van der Waals surface area contributed by atoms with E-state index >= 15 is 0 Å². The summed E-state index contributed by atoms with van der Waals surface area (Å²) in [5.41, 5.74) is 6.63. The van der Waals surface area contributed by atoms with E-state index in [2.05, 4.69) is 11.4 Å². The highest BCUT2D eigenvalue weighted by molar-refractivity contribution is 6.12. The Morgan fingerprint density at radius 2 is 1.66 bits per heavy atom. The van der Waals surface area contributed by atoms with Crippen LogP contribution in [0.3, 0.4) is 0 Å². The number of ether oxygens (including phenoxy) is 1. The number of allylic oxidation sites excluding steroid dienone is 2. The molecule has 200 valence electrons. The van der Waals surface area contributed by atoms with Crippen LogP contribution in [-0.2, 0) is 4.74 Å².